The van der Waals surface area contributed by atoms with Gasteiger partial charge < -0.3 is 24.6 Å². The first-order valence-corrected chi connectivity index (χ1v) is 12.5. The van der Waals surface area contributed by atoms with Gasteiger partial charge in [-0.2, -0.15) is 5.10 Å². The molecule has 0 fully saturated rings. The molecule has 11 heteroatoms. The van der Waals surface area contributed by atoms with Gasteiger partial charge in [-0.25, -0.2) is 9.97 Å². The molecule has 1 aliphatic heterocycles. The lowest BCUT2D eigenvalue weighted by molar-refractivity contribution is 0.108. The summed E-state index contributed by atoms with van der Waals surface area (Å²) in [5.41, 5.74) is 6.25. The lowest BCUT2D eigenvalue weighted by Gasteiger charge is -2.22. The van der Waals surface area contributed by atoms with Crippen molar-refractivity contribution in [2.24, 2.45) is 7.05 Å². The topological polar surface area (TPSA) is 114 Å². The maximum atomic E-state index is 10.0. The molecule has 1 atom stereocenters. The van der Waals surface area contributed by atoms with Crippen LogP contribution in [0.25, 0.3) is 22.6 Å². The number of anilines is 1. The van der Waals surface area contributed by atoms with Gasteiger partial charge >= 0.3 is 0 Å². The Morgan fingerprint density at radius 3 is 2.73 bits per heavy atom. The highest BCUT2D eigenvalue weighted by molar-refractivity contribution is 6.33. The number of aryl methyl sites for hydroxylation is 3. The van der Waals surface area contributed by atoms with Crippen molar-refractivity contribution in [2.75, 3.05) is 25.1 Å². The molecule has 0 saturated heterocycles. The lowest BCUT2D eigenvalue weighted by atomic mass is 10.0. The highest BCUT2D eigenvalue weighted by Gasteiger charge is 2.28. The molecule has 0 saturated carbocycles. The molecule has 0 radical (unpaired) electrons. The quantitative estimate of drug-likeness (QED) is 0.357. The van der Waals surface area contributed by atoms with Gasteiger partial charge in [0.05, 0.1) is 40.4 Å². The Morgan fingerprint density at radius 2 is 2.03 bits per heavy atom. The van der Waals surface area contributed by atoms with Crippen LogP contribution in [0.3, 0.4) is 0 Å². The van der Waals surface area contributed by atoms with Crippen LogP contribution in [-0.2, 0) is 20.1 Å². The highest BCUT2D eigenvalue weighted by Crippen LogP contribution is 2.39. The van der Waals surface area contributed by atoms with Crippen molar-refractivity contribution >= 4 is 17.4 Å². The summed E-state index contributed by atoms with van der Waals surface area (Å²) >= 11 is 6.66. The molecule has 1 aliphatic rings. The van der Waals surface area contributed by atoms with E-state index in [2.05, 4.69) is 20.5 Å². The van der Waals surface area contributed by atoms with Gasteiger partial charge in [0.15, 0.2) is 5.82 Å². The zero-order chi connectivity index (χ0) is 26.3. The van der Waals surface area contributed by atoms with E-state index in [9.17, 15) is 5.11 Å². The van der Waals surface area contributed by atoms with Gasteiger partial charge in [0, 0.05) is 36.8 Å². The minimum atomic E-state index is -0.635. The molecule has 37 heavy (non-hydrogen) atoms. The number of halogens is 1. The van der Waals surface area contributed by atoms with E-state index in [1.165, 1.54) is 5.56 Å². The average Bonchev–Trinajstić information content (AvgIpc) is 3.55. The van der Waals surface area contributed by atoms with Crippen LogP contribution in [-0.4, -0.2) is 56.3 Å². The standard InChI is InChI=1S/C26H30ClN7O3/c1-14-24(23-15(2)32-37-16(23)3)30-25(31-26(14)34-11-17-9-29-33(5)22(17)12-34)20-8-19(6-7-21(20)27)36-13-18(35)10-28-4/h6-9,18,28,35H,10-13H2,1-5H3. The number of hydrogen-bond donors (Lipinski definition) is 2. The van der Waals surface area contributed by atoms with Gasteiger partial charge in [-0.05, 0) is 46.0 Å². The smallest absolute Gasteiger partial charge is 0.163 e. The molecule has 194 valence electrons. The van der Waals surface area contributed by atoms with E-state index in [1.54, 1.807) is 19.2 Å². The molecule has 0 aliphatic carbocycles. The van der Waals surface area contributed by atoms with Crippen molar-refractivity contribution < 1.29 is 14.4 Å². The number of ether oxygens (including phenoxy) is 1. The van der Waals surface area contributed by atoms with Crippen LogP contribution in [0.1, 0.15) is 28.3 Å². The molecule has 4 aromatic rings. The first-order valence-electron chi connectivity index (χ1n) is 12.1. The predicted molar refractivity (Wildman–Crippen MR) is 141 cm³/mol. The number of aliphatic hydroxyl groups excluding tert-OH is 1. The Bertz CT molecular complexity index is 1430. The molecule has 4 heterocycles. The molecule has 2 N–H and O–H groups in total. The van der Waals surface area contributed by atoms with Gasteiger partial charge in [0.2, 0.25) is 0 Å². The second kappa shape index (κ2) is 10.1. The summed E-state index contributed by atoms with van der Waals surface area (Å²) < 4.78 is 13.2. The van der Waals surface area contributed by atoms with E-state index < -0.39 is 6.10 Å². The zero-order valence-corrected chi connectivity index (χ0v) is 22.3. The minimum Gasteiger partial charge on any atom is -0.491 e. The molecule has 1 unspecified atom stereocenters. The van der Waals surface area contributed by atoms with E-state index in [-0.39, 0.29) is 6.61 Å². The monoisotopic (exact) mass is 523 g/mol. The van der Waals surface area contributed by atoms with E-state index >= 15 is 0 Å². The van der Waals surface area contributed by atoms with Crippen molar-refractivity contribution in [2.45, 2.75) is 40.0 Å². The summed E-state index contributed by atoms with van der Waals surface area (Å²) in [5.74, 6) is 2.53. The number of likely N-dealkylation sites (N-methyl/N-ethyl adjacent to an activating group) is 1. The average molecular weight is 524 g/mol. The number of aliphatic hydroxyl groups is 1. The molecule has 5 rings (SSSR count). The van der Waals surface area contributed by atoms with E-state index in [0.29, 0.717) is 47.6 Å². The Kier molecular flexibility index (Phi) is 6.89. The fraction of sp³-hybridized carbons (Fsp3) is 0.385. The molecule has 0 amide bonds. The Labute approximate surface area is 220 Å². The number of aromatic nitrogens is 5. The molecule has 0 bridgehead atoms. The van der Waals surface area contributed by atoms with Gasteiger partial charge in [-0.3, -0.25) is 4.68 Å². The van der Waals surface area contributed by atoms with Crippen molar-refractivity contribution in [3.63, 3.8) is 0 Å². The van der Waals surface area contributed by atoms with Gasteiger partial charge in [0.1, 0.15) is 30.0 Å². The molecule has 3 aromatic heterocycles. The van der Waals surface area contributed by atoms with Crippen molar-refractivity contribution in [3.8, 4) is 28.4 Å². The number of benzene rings is 1. The van der Waals surface area contributed by atoms with Crippen LogP contribution in [0, 0.1) is 20.8 Å². The van der Waals surface area contributed by atoms with Gasteiger partial charge in [-0.15, -0.1) is 0 Å². The molecule has 0 spiro atoms. The molecular formula is C26H30ClN7O3. The number of fused-ring (bicyclic) bond motifs is 1. The fourth-order valence-corrected chi connectivity index (χ4v) is 4.89. The Balaban J connectivity index is 1.60. The molecular weight excluding hydrogens is 494 g/mol. The summed E-state index contributed by atoms with van der Waals surface area (Å²) in [6.45, 7) is 7.76. The fourth-order valence-electron chi connectivity index (χ4n) is 4.69. The van der Waals surface area contributed by atoms with Crippen LogP contribution >= 0.6 is 11.6 Å². The summed E-state index contributed by atoms with van der Waals surface area (Å²) in [5, 5.41) is 22.0. The highest BCUT2D eigenvalue weighted by atomic mass is 35.5. The van der Waals surface area contributed by atoms with Crippen molar-refractivity contribution in [1.29, 1.82) is 0 Å². The zero-order valence-electron chi connectivity index (χ0n) is 21.5. The number of rotatable bonds is 8. The largest absolute Gasteiger partial charge is 0.491 e. The van der Waals surface area contributed by atoms with Crippen LogP contribution in [0.5, 0.6) is 5.75 Å². The van der Waals surface area contributed by atoms with Crippen LogP contribution in [0.15, 0.2) is 28.9 Å². The maximum Gasteiger partial charge on any atom is 0.163 e. The Hall–Kier alpha value is -3.47. The van der Waals surface area contributed by atoms with Crippen molar-refractivity contribution in [3.05, 3.63) is 57.7 Å². The molecule has 10 nitrogen and oxygen atoms in total. The third kappa shape index (κ3) is 4.79. The second-order valence-corrected chi connectivity index (χ2v) is 9.71. The second-order valence-electron chi connectivity index (χ2n) is 9.30. The molecule has 1 aromatic carbocycles. The normalized spacial score (nSPS) is 13.8. The first-order chi connectivity index (χ1) is 17.8. The number of hydrogen-bond acceptors (Lipinski definition) is 9. The van der Waals surface area contributed by atoms with E-state index in [1.807, 2.05) is 44.8 Å². The van der Waals surface area contributed by atoms with Gasteiger partial charge in [0.25, 0.3) is 0 Å². The van der Waals surface area contributed by atoms with Crippen molar-refractivity contribution in [1.82, 2.24) is 30.2 Å². The van der Waals surface area contributed by atoms with Crippen LogP contribution in [0.4, 0.5) is 5.82 Å². The summed E-state index contributed by atoms with van der Waals surface area (Å²) in [4.78, 5) is 12.2. The third-order valence-corrected chi connectivity index (χ3v) is 6.93. The predicted octanol–water partition coefficient (Wildman–Crippen LogP) is 3.59. The van der Waals surface area contributed by atoms with Gasteiger partial charge in [-0.1, -0.05) is 16.8 Å². The SMILES string of the molecule is CNCC(O)COc1ccc(Cl)c(-c2nc(-c3c(C)noc3C)c(C)c(N3Cc4cnn(C)c4C3)n2)c1. The number of nitrogens with zero attached hydrogens (tertiary/aromatic N) is 6. The first kappa shape index (κ1) is 25.2. The summed E-state index contributed by atoms with van der Waals surface area (Å²) in [6, 6.07) is 5.33. The maximum absolute atomic E-state index is 10.0. The van der Waals surface area contributed by atoms with Crippen LogP contribution < -0.4 is 15.0 Å². The Morgan fingerprint density at radius 1 is 1.22 bits per heavy atom. The number of nitrogens with one attached hydrogen (secondary N) is 1. The minimum absolute atomic E-state index is 0.145. The van der Waals surface area contributed by atoms with E-state index in [4.69, 9.17) is 30.8 Å². The van der Waals surface area contributed by atoms with Crippen LogP contribution in [0.2, 0.25) is 5.02 Å². The lowest BCUT2D eigenvalue weighted by Crippen LogP contribution is -2.29. The van der Waals surface area contributed by atoms with E-state index in [0.717, 1.165) is 34.0 Å². The summed E-state index contributed by atoms with van der Waals surface area (Å²) in [6.07, 6.45) is 1.27. The third-order valence-electron chi connectivity index (χ3n) is 6.60. The summed E-state index contributed by atoms with van der Waals surface area (Å²) in [7, 11) is 3.73.